The average Bonchev–Trinajstić information content (AvgIpc) is 2.55. The number of hydrogen-bond donors (Lipinski definition) is 2. The molecule has 0 aliphatic heterocycles. The number of aromatic hydroxyl groups is 1. The number of nitrogens with zero attached hydrogens (tertiary/aromatic N) is 2. The predicted octanol–water partition coefficient (Wildman–Crippen LogP) is 2.93. The lowest BCUT2D eigenvalue weighted by atomic mass is 9.98. The lowest BCUT2D eigenvalue weighted by molar-refractivity contribution is -0.385. The third-order valence-electron chi connectivity index (χ3n) is 3.47. The molecule has 1 unspecified atom stereocenters. The van der Waals surface area contributed by atoms with Crippen LogP contribution in [0.15, 0.2) is 54.7 Å². The van der Waals surface area contributed by atoms with Gasteiger partial charge in [-0.25, -0.2) is 0 Å². The highest BCUT2D eigenvalue weighted by molar-refractivity contribution is 5.85. The van der Waals surface area contributed by atoms with E-state index in [0.29, 0.717) is 11.1 Å². The molecule has 1 heterocycles. The second-order valence-electron chi connectivity index (χ2n) is 4.83. The highest BCUT2D eigenvalue weighted by Gasteiger charge is 2.19. The maximum absolute atomic E-state index is 10.8. The number of fused-ring (bicyclic) bond motifs is 1. The zero-order chi connectivity index (χ0) is 15.7. The Labute approximate surface area is 125 Å². The number of aliphatic hydroxyl groups excluding tert-OH is 1. The topological polar surface area (TPSA) is 96.5 Å². The quantitative estimate of drug-likeness (QED) is 0.572. The fraction of sp³-hybridized carbons (Fsp3) is 0.0625. The van der Waals surface area contributed by atoms with Gasteiger partial charge < -0.3 is 10.2 Å². The lowest BCUT2D eigenvalue weighted by Gasteiger charge is -2.14. The van der Waals surface area contributed by atoms with Crippen LogP contribution in [0, 0.1) is 10.1 Å². The molecule has 0 bridgehead atoms. The minimum absolute atomic E-state index is 0.116. The van der Waals surface area contributed by atoms with Gasteiger partial charge in [0.25, 0.3) is 5.69 Å². The van der Waals surface area contributed by atoms with Crippen LogP contribution in [0.1, 0.15) is 17.2 Å². The Bertz CT molecular complexity index is 864. The van der Waals surface area contributed by atoms with Crippen LogP contribution in [0.4, 0.5) is 5.69 Å². The van der Waals surface area contributed by atoms with Crippen LogP contribution < -0.4 is 0 Å². The first kappa shape index (κ1) is 14.0. The molecule has 0 amide bonds. The van der Waals surface area contributed by atoms with Crippen molar-refractivity contribution in [2.45, 2.75) is 6.10 Å². The Morgan fingerprint density at radius 1 is 1.14 bits per heavy atom. The summed E-state index contributed by atoms with van der Waals surface area (Å²) < 4.78 is 0. The van der Waals surface area contributed by atoms with E-state index in [1.54, 1.807) is 36.5 Å². The first-order valence-corrected chi connectivity index (χ1v) is 6.57. The van der Waals surface area contributed by atoms with Crippen LogP contribution in [-0.4, -0.2) is 20.1 Å². The molecule has 6 heteroatoms. The highest BCUT2D eigenvalue weighted by Crippen LogP contribution is 2.34. The van der Waals surface area contributed by atoms with Crippen LogP contribution in [0.2, 0.25) is 0 Å². The maximum atomic E-state index is 10.8. The van der Waals surface area contributed by atoms with Crippen molar-refractivity contribution in [3.05, 3.63) is 76.0 Å². The molecule has 0 saturated heterocycles. The van der Waals surface area contributed by atoms with Gasteiger partial charge in [0.15, 0.2) is 0 Å². The average molecular weight is 296 g/mol. The first-order chi connectivity index (χ1) is 10.6. The molecule has 2 aromatic carbocycles. The summed E-state index contributed by atoms with van der Waals surface area (Å²) in [7, 11) is 0. The summed E-state index contributed by atoms with van der Waals surface area (Å²) in [6.45, 7) is 0. The molecule has 3 aromatic rings. The fourth-order valence-electron chi connectivity index (χ4n) is 2.35. The molecule has 0 radical (unpaired) electrons. The molecule has 3 rings (SSSR count). The number of pyridine rings is 1. The van der Waals surface area contributed by atoms with E-state index < -0.39 is 11.0 Å². The fourth-order valence-corrected chi connectivity index (χ4v) is 2.35. The number of rotatable bonds is 3. The molecule has 110 valence electrons. The Morgan fingerprint density at radius 2 is 1.95 bits per heavy atom. The maximum Gasteiger partial charge on any atom is 0.269 e. The Hall–Kier alpha value is -2.99. The van der Waals surface area contributed by atoms with Crippen molar-refractivity contribution < 1.29 is 15.1 Å². The molecular formula is C16H12N2O4. The van der Waals surface area contributed by atoms with E-state index in [1.807, 2.05) is 0 Å². The van der Waals surface area contributed by atoms with E-state index in [0.717, 1.165) is 5.39 Å². The standard InChI is InChI=1S/C16H12N2O4/c19-15(11-3-1-5-12(9-11)18(21)22)13-7-6-10-4-2-8-17-14(10)16(13)20/h1-9,15,19-20H. The zero-order valence-electron chi connectivity index (χ0n) is 11.4. The van der Waals surface area contributed by atoms with Crippen LogP contribution in [0.5, 0.6) is 5.75 Å². The van der Waals surface area contributed by atoms with Gasteiger partial charge in [-0.15, -0.1) is 0 Å². The summed E-state index contributed by atoms with van der Waals surface area (Å²) >= 11 is 0. The SMILES string of the molecule is O=[N+]([O-])c1cccc(C(O)c2ccc3cccnc3c2O)c1. The van der Waals surface area contributed by atoms with Gasteiger partial charge in [-0.1, -0.05) is 30.3 Å². The van der Waals surface area contributed by atoms with Crippen LogP contribution in [0.3, 0.4) is 0 Å². The second kappa shape index (κ2) is 5.42. The summed E-state index contributed by atoms with van der Waals surface area (Å²) in [5.41, 5.74) is 0.853. The van der Waals surface area contributed by atoms with Crippen molar-refractivity contribution in [2.75, 3.05) is 0 Å². The number of aromatic nitrogens is 1. The van der Waals surface area contributed by atoms with Crippen molar-refractivity contribution in [1.29, 1.82) is 0 Å². The van der Waals surface area contributed by atoms with Crippen molar-refractivity contribution in [1.82, 2.24) is 4.98 Å². The van der Waals surface area contributed by atoms with E-state index in [1.165, 1.54) is 18.2 Å². The van der Waals surface area contributed by atoms with Gasteiger partial charge in [0.05, 0.1) is 4.92 Å². The third-order valence-corrected chi connectivity index (χ3v) is 3.47. The van der Waals surface area contributed by atoms with Gasteiger partial charge in [0, 0.05) is 29.3 Å². The normalized spacial score (nSPS) is 12.2. The number of nitro groups is 1. The van der Waals surface area contributed by atoms with Crippen molar-refractivity contribution >= 4 is 16.6 Å². The summed E-state index contributed by atoms with van der Waals surface area (Å²) in [5, 5.41) is 32.3. The highest BCUT2D eigenvalue weighted by atomic mass is 16.6. The molecule has 0 spiro atoms. The Morgan fingerprint density at radius 3 is 2.73 bits per heavy atom. The summed E-state index contributed by atoms with van der Waals surface area (Å²) in [5.74, 6) is -0.128. The first-order valence-electron chi connectivity index (χ1n) is 6.57. The minimum Gasteiger partial charge on any atom is -0.505 e. The molecule has 2 N–H and O–H groups in total. The van der Waals surface area contributed by atoms with E-state index >= 15 is 0 Å². The van der Waals surface area contributed by atoms with E-state index in [9.17, 15) is 20.3 Å². The van der Waals surface area contributed by atoms with E-state index in [-0.39, 0.29) is 17.0 Å². The predicted molar refractivity (Wildman–Crippen MR) is 80.6 cm³/mol. The van der Waals surface area contributed by atoms with Crippen LogP contribution in [-0.2, 0) is 0 Å². The van der Waals surface area contributed by atoms with Crippen molar-refractivity contribution in [2.24, 2.45) is 0 Å². The number of phenols is 1. The number of hydrogen-bond acceptors (Lipinski definition) is 5. The molecule has 1 atom stereocenters. The van der Waals surface area contributed by atoms with Crippen molar-refractivity contribution in [3.63, 3.8) is 0 Å². The summed E-state index contributed by atoms with van der Waals surface area (Å²) in [4.78, 5) is 14.4. The molecule has 6 nitrogen and oxygen atoms in total. The monoisotopic (exact) mass is 296 g/mol. The molecule has 0 saturated carbocycles. The summed E-state index contributed by atoms with van der Waals surface area (Å²) in [6.07, 6.45) is 0.372. The van der Waals surface area contributed by atoms with Crippen LogP contribution in [0.25, 0.3) is 10.9 Å². The van der Waals surface area contributed by atoms with E-state index in [2.05, 4.69) is 4.98 Å². The minimum atomic E-state index is -1.17. The zero-order valence-corrected chi connectivity index (χ0v) is 11.4. The third kappa shape index (κ3) is 2.36. The molecular weight excluding hydrogens is 284 g/mol. The molecule has 1 aromatic heterocycles. The smallest absolute Gasteiger partial charge is 0.269 e. The lowest BCUT2D eigenvalue weighted by Crippen LogP contribution is -2.01. The summed E-state index contributed by atoms with van der Waals surface area (Å²) in [6, 6.07) is 12.6. The van der Waals surface area contributed by atoms with E-state index in [4.69, 9.17) is 0 Å². The number of phenolic OH excluding ortho intramolecular Hbond substituents is 1. The molecule has 0 aliphatic rings. The number of benzene rings is 2. The molecule has 0 aliphatic carbocycles. The van der Waals surface area contributed by atoms with Gasteiger partial charge in [-0.2, -0.15) is 0 Å². The van der Waals surface area contributed by atoms with Gasteiger partial charge in [-0.05, 0) is 11.6 Å². The Balaban J connectivity index is 2.09. The molecule has 0 fully saturated rings. The van der Waals surface area contributed by atoms with Gasteiger partial charge in [0.2, 0.25) is 0 Å². The molecule has 22 heavy (non-hydrogen) atoms. The second-order valence-corrected chi connectivity index (χ2v) is 4.83. The van der Waals surface area contributed by atoms with Gasteiger partial charge >= 0.3 is 0 Å². The number of aliphatic hydroxyl groups is 1. The Kier molecular flexibility index (Phi) is 3.44. The number of nitro benzene ring substituents is 1. The largest absolute Gasteiger partial charge is 0.505 e. The van der Waals surface area contributed by atoms with Crippen molar-refractivity contribution in [3.8, 4) is 5.75 Å². The van der Waals surface area contributed by atoms with Gasteiger partial charge in [0.1, 0.15) is 17.4 Å². The van der Waals surface area contributed by atoms with Gasteiger partial charge in [-0.3, -0.25) is 15.1 Å². The van der Waals surface area contributed by atoms with Crippen LogP contribution >= 0.6 is 0 Å². The number of non-ortho nitro benzene ring substituents is 1.